The van der Waals surface area contributed by atoms with Crippen molar-refractivity contribution in [2.75, 3.05) is 14.1 Å². The van der Waals surface area contributed by atoms with E-state index in [-0.39, 0.29) is 4.90 Å². The fraction of sp³-hybridized carbons (Fsp3) is 1.00. The Morgan fingerprint density at radius 1 is 0.632 bits per heavy atom. The molecule has 0 saturated carbocycles. The summed E-state index contributed by atoms with van der Waals surface area (Å²) in [6, 6.07) is -5.02. The molecule has 0 N–H and O–H groups in total. The van der Waals surface area contributed by atoms with Crippen molar-refractivity contribution in [3.63, 3.8) is 0 Å². The highest BCUT2D eigenvalue weighted by Gasteiger charge is 2.81. The number of nitrogens with zero attached hydrogens (tertiary/aromatic N) is 1. The molecule has 0 fully saturated rings. The number of halogens is 9. The molecule has 0 aromatic rings. The molecule has 2 atom stereocenters. The standard InChI is InChI=1S/C9H12F9N/c1-5(10,8(14,15)16)7(12,13)6(2,11)9(17,18)19(3)4/h1-4H3. The van der Waals surface area contributed by atoms with E-state index in [2.05, 4.69) is 0 Å². The van der Waals surface area contributed by atoms with Crippen LogP contribution < -0.4 is 0 Å². The Labute approximate surface area is 103 Å². The van der Waals surface area contributed by atoms with Crippen molar-refractivity contribution in [1.82, 2.24) is 4.90 Å². The van der Waals surface area contributed by atoms with E-state index >= 15 is 0 Å². The van der Waals surface area contributed by atoms with Crippen molar-refractivity contribution in [3.8, 4) is 0 Å². The first kappa shape index (κ1) is 18.3. The molecule has 0 aliphatic heterocycles. The highest BCUT2D eigenvalue weighted by molar-refractivity contribution is 5.10. The van der Waals surface area contributed by atoms with Gasteiger partial charge in [0.05, 0.1) is 0 Å². The SMILES string of the molecule is CN(C)C(F)(F)C(C)(F)C(F)(F)C(C)(F)C(F)(F)F. The molecule has 0 spiro atoms. The summed E-state index contributed by atoms with van der Waals surface area (Å²) in [6.45, 7) is -1.16. The van der Waals surface area contributed by atoms with Crippen molar-refractivity contribution in [2.45, 2.75) is 43.3 Å². The van der Waals surface area contributed by atoms with Crippen molar-refractivity contribution >= 4 is 0 Å². The lowest BCUT2D eigenvalue weighted by molar-refractivity contribution is -0.365. The molecule has 0 radical (unpaired) electrons. The predicted molar refractivity (Wildman–Crippen MR) is 48.7 cm³/mol. The first-order valence-corrected chi connectivity index (χ1v) is 4.82. The second kappa shape index (κ2) is 4.42. The molecule has 0 aromatic heterocycles. The van der Waals surface area contributed by atoms with Gasteiger partial charge < -0.3 is 0 Å². The summed E-state index contributed by atoms with van der Waals surface area (Å²) in [6.07, 6.45) is -6.22. The summed E-state index contributed by atoms with van der Waals surface area (Å²) in [5, 5.41) is 0. The predicted octanol–water partition coefficient (Wildman–Crippen LogP) is 3.79. The van der Waals surface area contributed by atoms with Crippen LogP contribution in [0.2, 0.25) is 0 Å². The molecular weight excluding hydrogens is 293 g/mol. The minimum absolute atomic E-state index is 0.354. The van der Waals surface area contributed by atoms with Gasteiger partial charge in [-0.05, 0) is 27.9 Å². The summed E-state index contributed by atoms with van der Waals surface area (Å²) in [5.41, 5.74) is -10.5. The van der Waals surface area contributed by atoms with E-state index in [1.54, 1.807) is 0 Å². The number of hydrogen-bond donors (Lipinski definition) is 0. The summed E-state index contributed by atoms with van der Waals surface area (Å²) in [4.78, 5) is -0.354. The number of alkyl halides is 9. The summed E-state index contributed by atoms with van der Waals surface area (Å²) in [5.74, 6) is -6.01. The van der Waals surface area contributed by atoms with E-state index in [0.717, 1.165) is 0 Å². The lowest BCUT2D eigenvalue weighted by Crippen LogP contribution is -2.70. The van der Waals surface area contributed by atoms with Gasteiger partial charge in [0.15, 0.2) is 0 Å². The highest BCUT2D eigenvalue weighted by Crippen LogP contribution is 2.55. The fourth-order valence-electron chi connectivity index (χ4n) is 1.23. The van der Waals surface area contributed by atoms with Crippen molar-refractivity contribution in [3.05, 3.63) is 0 Å². The Morgan fingerprint density at radius 3 is 1.16 bits per heavy atom. The molecule has 19 heavy (non-hydrogen) atoms. The van der Waals surface area contributed by atoms with Gasteiger partial charge in [0, 0.05) is 0 Å². The van der Waals surface area contributed by atoms with E-state index in [4.69, 9.17) is 0 Å². The van der Waals surface area contributed by atoms with Gasteiger partial charge >= 0.3 is 18.1 Å². The molecule has 0 aliphatic carbocycles. The van der Waals surface area contributed by atoms with E-state index in [9.17, 15) is 39.5 Å². The third-order valence-electron chi connectivity index (χ3n) is 2.84. The van der Waals surface area contributed by atoms with Crippen LogP contribution in [0, 0.1) is 0 Å². The molecule has 0 bridgehead atoms. The van der Waals surface area contributed by atoms with E-state index in [0.29, 0.717) is 14.1 Å². The molecule has 0 saturated heterocycles. The van der Waals surface area contributed by atoms with Gasteiger partial charge in [0.25, 0.3) is 11.3 Å². The maximum absolute atomic E-state index is 13.6. The van der Waals surface area contributed by atoms with Gasteiger partial charge in [0.1, 0.15) is 0 Å². The number of hydrogen-bond acceptors (Lipinski definition) is 1. The lowest BCUT2D eigenvalue weighted by atomic mass is 9.84. The monoisotopic (exact) mass is 305 g/mol. The van der Waals surface area contributed by atoms with Crippen LogP contribution >= 0.6 is 0 Å². The first-order chi connectivity index (χ1) is 7.94. The van der Waals surface area contributed by atoms with Gasteiger partial charge in [-0.25, -0.2) is 13.7 Å². The van der Waals surface area contributed by atoms with Crippen LogP contribution in [0.4, 0.5) is 39.5 Å². The van der Waals surface area contributed by atoms with Crippen molar-refractivity contribution in [1.29, 1.82) is 0 Å². The van der Waals surface area contributed by atoms with Crippen LogP contribution in [0.3, 0.4) is 0 Å². The lowest BCUT2D eigenvalue weighted by Gasteiger charge is -2.44. The second-order valence-corrected chi connectivity index (χ2v) is 4.51. The van der Waals surface area contributed by atoms with Gasteiger partial charge in [-0.1, -0.05) is 0 Å². The van der Waals surface area contributed by atoms with Crippen LogP contribution in [0.5, 0.6) is 0 Å². The van der Waals surface area contributed by atoms with E-state index in [1.165, 1.54) is 0 Å². The molecular formula is C9H12F9N. The molecule has 0 heterocycles. The Kier molecular flexibility index (Phi) is 4.27. The normalized spacial score (nSPS) is 21.2. The molecule has 116 valence electrons. The third-order valence-corrected chi connectivity index (χ3v) is 2.84. The van der Waals surface area contributed by atoms with Gasteiger partial charge in [0.2, 0.25) is 0 Å². The quantitative estimate of drug-likeness (QED) is 0.564. The average Bonchev–Trinajstić information content (AvgIpc) is 2.14. The third kappa shape index (κ3) is 2.38. The van der Waals surface area contributed by atoms with Gasteiger partial charge in [-0.15, -0.1) is 0 Å². The maximum atomic E-state index is 13.6. The van der Waals surface area contributed by atoms with Crippen LogP contribution in [-0.2, 0) is 0 Å². The van der Waals surface area contributed by atoms with Crippen LogP contribution in [0.25, 0.3) is 0 Å². The number of rotatable bonds is 4. The Balaban J connectivity index is 5.92. The summed E-state index contributed by atoms with van der Waals surface area (Å²) in [7, 11) is 0.939. The molecule has 10 heteroatoms. The molecule has 0 aromatic carbocycles. The van der Waals surface area contributed by atoms with Crippen molar-refractivity contribution < 1.29 is 39.5 Å². The minimum Gasteiger partial charge on any atom is -0.248 e. The van der Waals surface area contributed by atoms with Crippen molar-refractivity contribution in [2.24, 2.45) is 0 Å². The highest BCUT2D eigenvalue weighted by atomic mass is 19.4. The maximum Gasteiger partial charge on any atom is 0.428 e. The summed E-state index contributed by atoms with van der Waals surface area (Å²) < 4.78 is 117. The summed E-state index contributed by atoms with van der Waals surface area (Å²) >= 11 is 0. The van der Waals surface area contributed by atoms with Crippen LogP contribution in [-0.4, -0.2) is 48.5 Å². The fourth-order valence-corrected chi connectivity index (χ4v) is 1.23. The average molecular weight is 305 g/mol. The molecule has 0 rings (SSSR count). The second-order valence-electron chi connectivity index (χ2n) is 4.51. The largest absolute Gasteiger partial charge is 0.428 e. The first-order valence-electron chi connectivity index (χ1n) is 4.82. The zero-order valence-electron chi connectivity index (χ0n) is 10.3. The van der Waals surface area contributed by atoms with Crippen LogP contribution in [0.1, 0.15) is 13.8 Å². The van der Waals surface area contributed by atoms with Crippen LogP contribution in [0.15, 0.2) is 0 Å². The van der Waals surface area contributed by atoms with E-state index in [1.807, 2.05) is 0 Å². The molecule has 1 nitrogen and oxygen atoms in total. The Morgan fingerprint density at radius 2 is 0.947 bits per heavy atom. The Hall–Kier alpha value is -0.670. The smallest absolute Gasteiger partial charge is 0.248 e. The molecule has 0 amide bonds. The zero-order chi connectivity index (χ0) is 16.1. The topological polar surface area (TPSA) is 3.24 Å². The zero-order valence-corrected chi connectivity index (χ0v) is 10.3. The van der Waals surface area contributed by atoms with Gasteiger partial charge in [-0.2, -0.15) is 30.7 Å². The molecule has 2 unspecified atom stereocenters. The minimum atomic E-state index is -6.22. The van der Waals surface area contributed by atoms with Gasteiger partial charge in [-0.3, -0.25) is 0 Å². The molecule has 0 aliphatic rings. The van der Waals surface area contributed by atoms with E-state index < -0.39 is 43.3 Å². The Bertz CT molecular complexity index is 329.